The Balaban J connectivity index is 1.61. The fourth-order valence-electron chi connectivity index (χ4n) is 2.43. The van der Waals surface area contributed by atoms with Crippen molar-refractivity contribution in [1.82, 2.24) is 5.43 Å². The Morgan fingerprint density at radius 2 is 2.04 bits per heavy atom. The molecule has 0 saturated carbocycles. The molecule has 0 atom stereocenters. The van der Waals surface area contributed by atoms with Crippen LogP contribution in [0.4, 0.5) is 5.69 Å². The second-order valence-corrected chi connectivity index (χ2v) is 6.47. The maximum atomic E-state index is 11.9. The summed E-state index contributed by atoms with van der Waals surface area (Å²) in [7, 11) is 0. The highest BCUT2D eigenvalue weighted by Gasteiger charge is 2.10. The molecule has 0 saturated heterocycles. The van der Waals surface area contributed by atoms with Crippen LogP contribution >= 0.6 is 15.9 Å². The standard InChI is InChI=1S/C19H14BrN3O5/c20-19-15-4-2-1-3-12(15)5-8-17(19)28-11-18(25)22-21-10-13-9-14(23(26)27)6-7-16(13)24/h1-10,24H,11H2,(H,22,25)/b21-10+. The van der Waals surface area contributed by atoms with Crippen LogP contribution in [-0.4, -0.2) is 28.8 Å². The highest BCUT2D eigenvalue weighted by Crippen LogP contribution is 2.32. The van der Waals surface area contributed by atoms with Gasteiger partial charge in [-0.1, -0.05) is 30.3 Å². The first-order chi connectivity index (χ1) is 13.5. The molecule has 0 bridgehead atoms. The van der Waals surface area contributed by atoms with Crippen molar-refractivity contribution < 1.29 is 19.6 Å². The molecule has 3 rings (SSSR count). The summed E-state index contributed by atoms with van der Waals surface area (Å²) in [6, 6.07) is 14.9. The van der Waals surface area contributed by atoms with Gasteiger partial charge < -0.3 is 9.84 Å². The number of halogens is 1. The van der Waals surface area contributed by atoms with Crippen molar-refractivity contribution in [2.24, 2.45) is 5.10 Å². The van der Waals surface area contributed by atoms with Gasteiger partial charge in [0.2, 0.25) is 0 Å². The quantitative estimate of drug-likeness (QED) is 0.342. The zero-order valence-corrected chi connectivity index (χ0v) is 15.9. The molecule has 3 aromatic carbocycles. The molecule has 3 aromatic rings. The lowest BCUT2D eigenvalue weighted by Gasteiger charge is -2.09. The number of non-ortho nitro benzene ring substituents is 1. The number of hydrogen-bond acceptors (Lipinski definition) is 6. The van der Waals surface area contributed by atoms with Gasteiger partial charge >= 0.3 is 0 Å². The number of aromatic hydroxyl groups is 1. The van der Waals surface area contributed by atoms with E-state index in [1.807, 2.05) is 30.3 Å². The molecule has 0 aliphatic rings. The summed E-state index contributed by atoms with van der Waals surface area (Å²) in [6.07, 6.45) is 1.12. The second kappa shape index (κ2) is 8.49. The van der Waals surface area contributed by atoms with Crippen LogP contribution in [-0.2, 0) is 4.79 Å². The molecule has 0 aromatic heterocycles. The number of nitro benzene ring substituents is 1. The molecular weight excluding hydrogens is 430 g/mol. The van der Waals surface area contributed by atoms with Crippen LogP contribution in [0.1, 0.15) is 5.56 Å². The second-order valence-electron chi connectivity index (χ2n) is 5.68. The van der Waals surface area contributed by atoms with E-state index >= 15 is 0 Å². The zero-order valence-electron chi connectivity index (χ0n) is 14.3. The molecule has 0 aliphatic heterocycles. The van der Waals surface area contributed by atoms with E-state index in [1.54, 1.807) is 6.07 Å². The number of ether oxygens (including phenoxy) is 1. The predicted molar refractivity (Wildman–Crippen MR) is 108 cm³/mol. The number of carbonyl (C=O) groups excluding carboxylic acids is 1. The van der Waals surface area contributed by atoms with E-state index in [0.717, 1.165) is 27.5 Å². The Bertz CT molecular complexity index is 1080. The van der Waals surface area contributed by atoms with E-state index in [0.29, 0.717) is 5.75 Å². The van der Waals surface area contributed by atoms with Gasteiger partial charge in [-0.15, -0.1) is 0 Å². The van der Waals surface area contributed by atoms with Crippen LogP contribution < -0.4 is 10.2 Å². The highest BCUT2D eigenvalue weighted by atomic mass is 79.9. The molecule has 0 aliphatic carbocycles. The van der Waals surface area contributed by atoms with Crippen LogP contribution in [0.5, 0.6) is 11.5 Å². The van der Waals surface area contributed by atoms with Crippen molar-refractivity contribution in [2.75, 3.05) is 6.61 Å². The Morgan fingerprint density at radius 3 is 2.82 bits per heavy atom. The molecule has 0 spiro atoms. The molecule has 0 unspecified atom stereocenters. The van der Waals surface area contributed by atoms with Crippen LogP contribution in [0.2, 0.25) is 0 Å². The smallest absolute Gasteiger partial charge is 0.277 e. The minimum atomic E-state index is -0.593. The van der Waals surface area contributed by atoms with Gasteiger partial charge in [-0.2, -0.15) is 5.10 Å². The lowest BCUT2D eigenvalue weighted by Crippen LogP contribution is -2.24. The Morgan fingerprint density at radius 1 is 1.25 bits per heavy atom. The third-order valence-corrected chi connectivity index (χ3v) is 4.62. The molecule has 28 heavy (non-hydrogen) atoms. The number of rotatable bonds is 6. The molecule has 8 nitrogen and oxygen atoms in total. The molecule has 142 valence electrons. The summed E-state index contributed by atoms with van der Waals surface area (Å²) in [6.45, 7) is -0.283. The van der Waals surface area contributed by atoms with Crippen molar-refractivity contribution in [3.8, 4) is 11.5 Å². The van der Waals surface area contributed by atoms with Crippen molar-refractivity contribution in [3.63, 3.8) is 0 Å². The third kappa shape index (κ3) is 4.44. The zero-order chi connectivity index (χ0) is 20.1. The molecular formula is C19H14BrN3O5. The van der Waals surface area contributed by atoms with E-state index in [9.17, 15) is 20.0 Å². The Kier molecular flexibility index (Phi) is 5.85. The lowest BCUT2D eigenvalue weighted by molar-refractivity contribution is -0.384. The summed E-state index contributed by atoms with van der Waals surface area (Å²) in [5.74, 6) is -0.213. The van der Waals surface area contributed by atoms with Gasteiger partial charge in [0.05, 0.1) is 15.6 Å². The summed E-state index contributed by atoms with van der Waals surface area (Å²) in [4.78, 5) is 22.1. The average Bonchev–Trinajstić information content (AvgIpc) is 2.69. The van der Waals surface area contributed by atoms with E-state index in [2.05, 4.69) is 26.5 Å². The van der Waals surface area contributed by atoms with Gasteiger partial charge in [-0.3, -0.25) is 14.9 Å². The third-order valence-electron chi connectivity index (χ3n) is 3.80. The van der Waals surface area contributed by atoms with Crippen LogP contribution in [0.15, 0.2) is 64.2 Å². The van der Waals surface area contributed by atoms with Crippen LogP contribution in [0.3, 0.4) is 0 Å². The van der Waals surface area contributed by atoms with Crippen molar-refractivity contribution in [2.45, 2.75) is 0 Å². The van der Waals surface area contributed by atoms with E-state index < -0.39 is 10.8 Å². The number of phenols is 1. The monoisotopic (exact) mass is 443 g/mol. The van der Waals surface area contributed by atoms with Gasteiger partial charge in [0.1, 0.15) is 11.5 Å². The fourth-order valence-corrected chi connectivity index (χ4v) is 3.04. The largest absolute Gasteiger partial charge is 0.507 e. The molecule has 0 heterocycles. The number of benzene rings is 3. The maximum absolute atomic E-state index is 11.9. The molecule has 0 radical (unpaired) electrons. The number of nitrogens with zero attached hydrogens (tertiary/aromatic N) is 2. The minimum absolute atomic E-state index is 0.104. The summed E-state index contributed by atoms with van der Waals surface area (Å²) < 4.78 is 6.25. The fraction of sp³-hybridized carbons (Fsp3) is 0.0526. The first-order valence-corrected chi connectivity index (χ1v) is 8.84. The topological polar surface area (TPSA) is 114 Å². The first-order valence-electron chi connectivity index (χ1n) is 8.05. The number of fused-ring (bicyclic) bond motifs is 1. The number of nitrogens with one attached hydrogen (secondary N) is 1. The van der Waals surface area contributed by atoms with Crippen molar-refractivity contribution >= 4 is 44.5 Å². The maximum Gasteiger partial charge on any atom is 0.277 e. The van der Waals surface area contributed by atoms with Crippen LogP contribution in [0.25, 0.3) is 10.8 Å². The van der Waals surface area contributed by atoms with E-state index in [-0.39, 0.29) is 23.6 Å². The average molecular weight is 444 g/mol. The number of nitro groups is 1. The molecule has 1 amide bonds. The number of phenolic OH excluding ortho intramolecular Hbond substituents is 1. The highest BCUT2D eigenvalue weighted by molar-refractivity contribution is 9.10. The first kappa shape index (κ1) is 19.3. The van der Waals surface area contributed by atoms with E-state index in [4.69, 9.17) is 4.74 Å². The molecule has 9 heteroatoms. The van der Waals surface area contributed by atoms with Crippen LogP contribution in [0, 0.1) is 10.1 Å². The van der Waals surface area contributed by atoms with Gasteiger partial charge in [-0.25, -0.2) is 5.43 Å². The minimum Gasteiger partial charge on any atom is -0.507 e. The van der Waals surface area contributed by atoms with Gasteiger partial charge in [0.25, 0.3) is 11.6 Å². The van der Waals surface area contributed by atoms with E-state index in [1.165, 1.54) is 12.1 Å². The van der Waals surface area contributed by atoms with Crippen molar-refractivity contribution in [1.29, 1.82) is 0 Å². The number of hydrazone groups is 1. The molecule has 2 N–H and O–H groups in total. The summed E-state index contributed by atoms with van der Waals surface area (Å²) in [5, 5.41) is 26.1. The summed E-state index contributed by atoms with van der Waals surface area (Å²) in [5.41, 5.74) is 2.15. The SMILES string of the molecule is O=C(COc1ccc2ccccc2c1Br)N/N=C/c1cc([N+](=O)[O-])ccc1O. The Labute approximate surface area is 167 Å². The van der Waals surface area contributed by atoms with Gasteiger partial charge in [-0.05, 0) is 38.8 Å². The van der Waals surface area contributed by atoms with Crippen molar-refractivity contribution in [3.05, 3.63) is 74.7 Å². The molecule has 0 fully saturated rings. The Hall–Kier alpha value is -3.46. The predicted octanol–water partition coefficient (Wildman–Crippen LogP) is 3.75. The normalized spacial score (nSPS) is 10.9. The van der Waals surface area contributed by atoms with Gasteiger partial charge in [0.15, 0.2) is 6.61 Å². The van der Waals surface area contributed by atoms with Gasteiger partial charge in [0, 0.05) is 17.7 Å². The number of carbonyl (C=O) groups is 1. The lowest BCUT2D eigenvalue weighted by atomic mass is 10.1. The summed E-state index contributed by atoms with van der Waals surface area (Å²) >= 11 is 3.47. The number of hydrogen-bond donors (Lipinski definition) is 2. The number of amides is 1.